The Bertz CT molecular complexity index is 981. The normalized spacial score (nSPS) is 10.8. The molecule has 3 rings (SSSR count). The molecule has 0 aliphatic rings. The summed E-state index contributed by atoms with van der Waals surface area (Å²) in [5.41, 5.74) is 3.34. The zero-order valence-corrected chi connectivity index (χ0v) is 16.2. The van der Waals surface area contributed by atoms with Gasteiger partial charge in [0.1, 0.15) is 11.3 Å². The summed E-state index contributed by atoms with van der Waals surface area (Å²) in [7, 11) is 1.61. The maximum absolute atomic E-state index is 12.5. The number of esters is 1. The molecule has 1 aromatic heterocycles. The first-order valence-corrected chi connectivity index (χ1v) is 9.05. The molecule has 0 atom stereocenters. The molecule has 0 spiro atoms. The van der Waals surface area contributed by atoms with Crippen LogP contribution in [0.1, 0.15) is 34.4 Å². The van der Waals surface area contributed by atoms with E-state index in [1.54, 1.807) is 21.0 Å². The predicted molar refractivity (Wildman–Crippen MR) is 110 cm³/mol. The summed E-state index contributed by atoms with van der Waals surface area (Å²) >= 11 is 0. The Kier molecular flexibility index (Phi) is 6.17. The highest BCUT2D eigenvalue weighted by atomic mass is 16.5. The maximum Gasteiger partial charge on any atom is 0.342 e. The zero-order chi connectivity index (χ0) is 19.9. The van der Waals surface area contributed by atoms with Gasteiger partial charge in [-0.05, 0) is 49.8 Å². The smallest absolute Gasteiger partial charge is 0.342 e. The Morgan fingerprint density at radius 1 is 1.00 bits per heavy atom. The fraction of sp³-hybridized carbons (Fsp3) is 0.174. The number of aryl methyl sites for hydroxylation is 1. The lowest BCUT2D eigenvalue weighted by Crippen LogP contribution is -2.12. The van der Waals surface area contributed by atoms with Crippen LogP contribution in [0.4, 0.5) is 0 Å². The first-order valence-electron chi connectivity index (χ1n) is 9.05. The summed E-state index contributed by atoms with van der Waals surface area (Å²) in [5.74, 6) is 0.834. The number of hydrogen-bond donors (Lipinski definition) is 0. The molecule has 142 valence electrons. The highest BCUT2D eigenvalue weighted by Crippen LogP contribution is 2.27. The van der Waals surface area contributed by atoms with E-state index in [1.807, 2.05) is 66.7 Å². The van der Waals surface area contributed by atoms with Gasteiger partial charge in [0.05, 0.1) is 25.1 Å². The third-order valence-corrected chi connectivity index (χ3v) is 4.17. The van der Waals surface area contributed by atoms with Crippen LogP contribution in [0, 0.1) is 6.92 Å². The van der Waals surface area contributed by atoms with E-state index in [9.17, 15) is 4.79 Å². The number of carbonyl (C=O) groups excluding carboxylic acids is 1. The van der Waals surface area contributed by atoms with Crippen LogP contribution in [0.3, 0.4) is 0 Å². The quantitative estimate of drug-likeness (QED) is 0.580. The molecule has 0 fully saturated rings. The summed E-state index contributed by atoms with van der Waals surface area (Å²) in [6.07, 6.45) is 3.78. The fourth-order valence-corrected chi connectivity index (χ4v) is 2.81. The van der Waals surface area contributed by atoms with Crippen molar-refractivity contribution in [2.75, 3.05) is 13.7 Å². The van der Waals surface area contributed by atoms with Crippen LogP contribution < -0.4 is 4.74 Å². The first-order chi connectivity index (χ1) is 13.6. The Morgan fingerprint density at radius 2 is 1.71 bits per heavy atom. The summed E-state index contributed by atoms with van der Waals surface area (Å²) in [5, 5.41) is 0. The van der Waals surface area contributed by atoms with Gasteiger partial charge < -0.3 is 9.47 Å². The largest absolute Gasteiger partial charge is 0.497 e. The SMILES string of the molecule is CCOC(=O)c1c(C)nc(/C=C/c2ccccc2)nc1-c1ccc(OC)cc1. The second-order valence-electron chi connectivity index (χ2n) is 6.08. The van der Waals surface area contributed by atoms with Crippen molar-refractivity contribution in [1.82, 2.24) is 9.97 Å². The molecule has 3 aromatic rings. The lowest BCUT2D eigenvalue weighted by Gasteiger charge is -2.12. The maximum atomic E-state index is 12.5. The predicted octanol–water partition coefficient (Wildman–Crippen LogP) is 4.81. The minimum atomic E-state index is -0.426. The van der Waals surface area contributed by atoms with E-state index >= 15 is 0 Å². The minimum Gasteiger partial charge on any atom is -0.497 e. The molecule has 0 aliphatic heterocycles. The average molecular weight is 374 g/mol. The van der Waals surface area contributed by atoms with Crippen LogP contribution in [-0.2, 0) is 4.74 Å². The van der Waals surface area contributed by atoms with Crippen LogP contribution in [0.15, 0.2) is 54.6 Å². The second kappa shape index (κ2) is 8.95. The van der Waals surface area contributed by atoms with E-state index in [2.05, 4.69) is 9.97 Å². The molecule has 5 heteroatoms. The molecular formula is C23H22N2O3. The van der Waals surface area contributed by atoms with Crippen LogP contribution >= 0.6 is 0 Å². The lowest BCUT2D eigenvalue weighted by atomic mass is 10.0. The van der Waals surface area contributed by atoms with Crippen molar-refractivity contribution in [3.8, 4) is 17.0 Å². The van der Waals surface area contributed by atoms with Gasteiger partial charge in [-0.1, -0.05) is 36.4 Å². The molecule has 0 saturated heterocycles. The van der Waals surface area contributed by atoms with Crippen molar-refractivity contribution in [3.05, 3.63) is 77.2 Å². The van der Waals surface area contributed by atoms with Crippen molar-refractivity contribution in [2.45, 2.75) is 13.8 Å². The molecule has 0 aliphatic carbocycles. The van der Waals surface area contributed by atoms with Gasteiger partial charge in [0, 0.05) is 5.56 Å². The highest BCUT2D eigenvalue weighted by Gasteiger charge is 2.20. The van der Waals surface area contributed by atoms with E-state index in [-0.39, 0.29) is 6.61 Å². The molecule has 28 heavy (non-hydrogen) atoms. The van der Waals surface area contributed by atoms with E-state index in [1.165, 1.54) is 0 Å². The van der Waals surface area contributed by atoms with Crippen LogP contribution in [-0.4, -0.2) is 29.7 Å². The Balaban J connectivity index is 2.08. The molecule has 0 N–H and O–H groups in total. The number of aromatic nitrogens is 2. The number of ether oxygens (including phenoxy) is 2. The summed E-state index contributed by atoms with van der Waals surface area (Å²) in [6.45, 7) is 3.86. The number of nitrogens with zero attached hydrogens (tertiary/aromatic N) is 2. The van der Waals surface area contributed by atoms with Gasteiger partial charge in [-0.3, -0.25) is 0 Å². The highest BCUT2D eigenvalue weighted by molar-refractivity contribution is 5.97. The molecule has 1 heterocycles. The van der Waals surface area contributed by atoms with E-state index in [0.29, 0.717) is 22.8 Å². The number of benzene rings is 2. The Hall–Kier alpha value is -3.47. The van der Waals surface area contributed by atoms with Crippen LogP contribution in [0.5, 0.6) is 5.75 Å². The van der Waals surface area contributed by atoms with Gasteiger partial charge in [0.15, 0.2) is 5.82 Å². The van der Waals surface area contributed by atoms with Gasteiger partial charge >= 0.3 is 5.97 Å². The van der Waals surface area contributed by atoms with Gasteiger partial charge in [-0.2, -0.15) is 0 Å². The number of methoxy groups -OCH3 is 1. The molecule has 0 bridgehead atoms. The monoisotopic (exact) mass is 374 g/mol. The van der Waals surface area contributed by atoms with E-state index in [4.69, 9.17) is 9.47 Å². The third-order valence-electron chi connectivity index (χ3n) is 4.17. The molecule has 5 nitrogen and oxygen atoms in total. The number of rotatable bonds is 6. The molecular weight excluding hydrogens is 352 g/mol. The molecule has 0 amide bonds. The van der Waals surface area contributed by atoms with E-state index < -0.39 is 5.97 Å². The van der Waals surface area contributed by atoms with Crippen molar-refractivity contribution >= 4 is 18.1 Å². The molecule has 0 saturated carbocycles. The van der Waals surface area contributed by atoms with Gasteiger partial charge in [-0.25, -0.2) is 14.8 Å². The van der Waals surface area contributed by atoms with Crippen molar-refractivity contribution in [3.63, 3.8) is 0 Å². The summed E-state index contributed by atoms with van der Waals surface area (Å²) in [6, 6.07) is 17.3. The molecule has 2 aromatic carbocycles. The second-order valence-corrected chi connectivity index (χ2v) is 6.08. The first kappa shape index (κ1) is 19.3. The standard InChI is InChI=1S/C23H22N2O3/c1-4-28-23(26)21-16(2)24-20(15-10-17-8-6-5-7-9-17)25-22(21)18-11-13-19(27-3)14-12-18/h5-15H,4H2,1-3H3/b15-10+. The van der Waals surface area contributed by atoms with Gasteiger partial charge in [0.2, 0.25) is 0 Å². The molecule has 0 unspecified atom stereocenters. The van der Waals surface area contributed by atoms with E-state index in [0.717, 1.165) is 16.9 Å². The van der Waals surface area contributed by atoms with Crippen molar-refractivity contribution < 1.29 is 14.3 Å². The Morgan fingerprint density at radius 3 is 2.36 bits per heavy atom. The van der Waals surface area contributed by atoms with Crippen LogP contribution in [0.2, 0.25) is 0 Å². The molecule has 0 radical (unpaired) electrons. The van der Waals surface area contributed by atoms with Crippen LogP contribution in [0.25, 0.3) is 23.4 Å². The third kappa shape index (κ3) is 4.43. The number of hydrogen-bond acceptors (Lipinski definition) is 5. The van der Waals surface area contributed by atoms with Crippen molar-refractivity contribution in [2.24, 2.45) is 0 Å². The van der Waals surface area contributed by atoms with Crippen molar-refractivity contribution in [1.29, 1.82) is 0 Å². The average Bonchev–Trinajstić information content (AvgIpc) is 2.72. The Labute approximate surface area is 164 Å². The van der Waals surface area contributed by atoms with Gasteiger partial charge in [-0.15, -0.1) is 0 Å². The summed E-state index contributed by atoms with van der Waals surface area (Å²) in [4.78, 5) is 21.7. The topological polar surface area (TPSA) is 61.3 Å². The lowest BCUT2D eigenvalue weighted by molar-refractivity contribution is 0.0525. The number of carbonyl (C=O) groups is 1. The minimum absolute atomic E-state index is 0.288. The van der Waals surface area contributed by atoms with Gasteiger partial charge in [0.25, 0.3) is 0 Å². The fourth-order valence-electron chi connectivity index (χ4n) is 2.81. The zero-order valence-electron chi connectivity index (χ0n) is 16.2. The summed E-state index contributed by atoms with van der Waals surface area (Å²) < 4.78 is 10.4.